The topological polar surface area (TPSA) is 29.5 Å². The van der Waals surface area contributed by atoms with Crippen LogP contribution in [0.4, 0.5) is 0 Å². The maximum absolute atomic E-state index is 12.2. The van der Waals surface area contributed by atoms with E-state index in [9.17, 15) is 4.79 Å². The fraction of sp³-hybridized carbons (Fsp3) is 0.533. The first-order valence-electron chi connectivity index (χ1n) is 6.58. The molecule has 0 bridgehead atoms. The molecule has 3 heteroatoms. The Balaban J connectivity index is 2.59. The SMILES string of the molecule is C=C/C(=C\C=C/COCC)C(=O)N1CCCC1C. The number of likely N-dealkylation sites (tertiary alicyclic amines) is 1. The van der Waals surface area contributed by atoms with Crippen LogP contribution in [0.25, 0.3) is 0 Å². The van der Waals surface area contributed by atoms with Gasteiger partial charge in [-0.05, 0) is 32.8 Å². The molecule has 0 aromatic rings. The predicted molar refractivity (Wildman–Crippen MR) is 74.3 cm³/mol. The maximum atomic E-state index is 12.2. The van der Waals surface area contributed by atoms with Gasteiger partial charge in [0.15, 0.2) is 0 Å². The van der Waals surface area contributed by atoms with E-state index in [-0.39, 0.29) is 5.91 Å². The lowest BCUT2D eigenvalue weighted by molar-refractivity contribution is -0.127. The molecule has 0 aromatic carbocycles. The van der Waals surface area contributed by atoms with E-state index in [1.165, 1.54) is 0 Å². The number of ether oxygens (including phenoxy) is 1. The Morgan fingerprint density at radius 3 is 2.89 bits per heavy atom. The van der Waals surface area contributed by atoms with Gasteiger partial charge in [0, 0.05) is 24.8 Å². The molecular formula is C15H23NO2. The number of hydrogen-bond donors (Lipinski definition) is 0. The van der Waals surface area contributed by atoms with Gasteiger partial charge in [-0.1, -0.05) is 24.8 Å². The van der Waals surface area contributed by atoms with Crippen LogP contribution in [0.1, 0.15) is 26.7 Å². The van der Waals surface area contributed by atoms with Gasteiger partial charge in [0.2, 0.25) is 0 Å². The summed E-state index contributed by atoms with van der Waals surface area (Å²) in [5, 5.41) is 0. The normalized spacial score (nSPS) is 20.7. The second-order valence-corrected chi connectivity index (χ2v) is 4.40. The van der Waals surface area contributed by atoms with Crippen LogP contribution in [-0.2, 0) is 9.53 Å². The van der Waals surface area contributed by atoms with Crippen molar-refractivity contribution in [1.82, 2.24) is 4.90 Å². The quantitative estimate of drug-likeness (QED) is 0.411. The molecule has 1 unspecified atom stereocenters. The van der Waals surface area contributed by atoms with Crippen LogP contribution in [0.2, 0.25) is 0 Å². The molecule has 0 radical (unpaired) electrons. The molecule has 1 saturated heterocycles. The Kier molecular flexibility index (Phi) is 6.44. The van der Waals surface area contributed by atoms with Gasteiger partial charge in [0.25, 0.3) is 5.91 Å². The van der Waals surface area contributed by atoms with Crippen molar-refractivity contribution in [2.45, 2.75) is 32.7 Å². The third-order valence-electron chi connectivity index (χ3n) is 3.11. The van der Waals surface area contributed by atoms with E-state index < -0.39 is 0 Å². The smallest absolute Gasteiger partial charge is 0.254 e. The minimum atomic E-state index is 0.0797. The van der Waals surface area contributed by atoms with Gasteiger partial charge in [-0.25, -0.2) is 0 Å². The van der Waals surface area contributed by atoms with Gasteiger partial charge in [-0.3, -0.25) is 4.79 Å². The monoisotopic (exact) mass is 249 g/mol. The summed E-state index contributed by atoms with van der Waals surface area (Å²) in [6.07, 6.45) is 9.37. The number of carbonyl (C=O) groups is 1. The van der Waals surface area contributed by atoms with Crippen molar-refractivity contribution in [3.63, 3.8) is 0 Å². The molecule has 1 fully saturated rings. The summed E-state index contributed by atoms with van der Waals surface area (Å²) in [7, 11) is 0. The second kappa shape index (κ2) is 7.88. The molecule has 1 heterocycles. The summed E-state index contributed by atoms with van der Waals surface area (Å²) in [6.45, 7) is 9.89. The molecule has 1 rings (SSSR count). The third kappa shape index (κ3) is 4.15. The zero-order chi connectivity index (χ0) is 13.4. The van der Waals surface area contributed by atoms with Gasteiger partial charge < -0.3 is 9.64 Å². The highest BCUT2D eigenvalue weighted by Gasteiger charge is 2.25. The Labute approximate surface area is 110 Å². The summed E-state index contributed by atoms with van der Waals surface area (Å²) in [5.74, 6) is 0.0797. The van der Waals surface area contributed by atoms with E-state index in [1.54, 1.807) is 12.2 Å². The Bertz CT molecular complexity index is 344. The van der Waals surface area contributed by atoms with Crippen LogP contribution >= 0.6 is 0 Å². The lowest BCUT2D eigenvalue weighted by Gasteiger charge is -2.21. The summed E-state index contributed by atoms with van der Waals surface area (Å²) in [6, 6.07) is 0.341. The minimum absolute atomic E-state index is 0.0797. The molecule has 0 N–H and O–H groups in total. The molecule has 1 aliphatic heterocycles. The Morgan fingerprint density at radius 1 is 1.56 bits per heavy atom. The first-order chi connectivity index (χ1) is 8.70. The number of nitrogens with zero attached hydrogens (tertiary/aromatic N) is 1. The Hall–Kier alpha value is -1.35. The highest BCUT2D eigenvalue weighted by Crippen LogP contribution is 2.19. The molecule has 1 atom stereocenters. The number of hydrogen-bond acceptors (Lipinski definition) is 2. The fourth-order valence-electron chi connectivity index (χ4n) is 2.04. The average molecular weight is 249 g/mol. The molecule has 3 nitrogen and oxygen atoms in total. The van der Waals surface area contributed by atoms with Crippen LogP contribution < -0.4 is 0 Å². The number of carbonyl (C=O) groups excluding carboxylic acids is 1. The molecule has 1 amide bonds. The molecule has 100 valence electrons. The maximum Gasteiger partial charge on any atom is 0.254 e. The largest absolute Gasteiger partial charge is 0.378 e. The highest BCUT2D eigenvalue weighted by atomic mass is 16.5. The Morgan fingerprint density at radius 2 is 2.33 bits per heavy atom. The lowest BCUT2D eigenvalue weighted by atomic mass is 10.2. The predicted octanol–water partition coefficient (Wildman–Crippen LogP) is 2.70. The van der Waals surface area contributed by atoms with Gasteiger partial charge in [0.05, 0.1) is 6.61 Å². The van der Waals surface area contributed by atoms with Gasteiger partial charge in [-0.15, -0.1) is 0 Å². The minimum Gasteiger partial charge on any atom is -0.378 e. The molecule has 1 aliphatic rings. The molecule has 0 spiro atoms. The molecule has 0 aromatic heterocycles. The van der Waals surface area contributed by atoms with E-state index in [0.717, 1.165) is 19.4 Å². The van der Waals surface area contributed by atoms with E-state index in [0.29, 0.717) is 24.8 Å². The summed E-state index contributed by atoms with van der Waals surface area (Å²) < 4.78 is 5.19. The van der Waals surface area contributed by atoms with Crippen molar-refractivity contribution in [1.29, 1.82) is 0 Å². The van der Waals surface area contributed by atoms with E-state index >= 15 is 0 Å². The van der Waals surface area contributed by atoms with Gasteiger partial charge in [0.1, 0.15) is 0 Å². The van der Waals surface area contributed by atoms with Crippen molar-refractivity contribution in [2.75, 3.05) is 19.8 Å². The van der Waals surface area contributed by atoms with E-state index in [4.69, 9.17) is 4.74 Å². The molecule has 0 saturated carbocycles. The van der Waals surface area contributed by atoms with Crippen LogP contribution in [0.5, 0.6) is 0 Å². The number of rotatable bonds is 6. The third-order valence-corrected chi connectivity index (χ3v) is 3.11. The van der Waals surface area contributed by atoms with Crippen LogP contribution in [-0.4, -0.2) is 36.6 Å². The van der Waals surface area contributed by atoms with Crippen LogP contribution in [0, 0.1) is 0 Å². The van der Waals surface area contributed by atoms with Crippen molar-refractivity contribution in [3.05, 3.63) is 36.5 Å². The summed E-state index contributed by atoms with van der Waals surface area (Å²) >= 11 is 0. The summed E-state index contributed by atoms with van der Waals surface area (Å²) in [5.41, 5.74) is 0.650. The number of allylic oxidation sites excluding steroid dienone is 2. The molecule has 18 heavy (non-hydrogen) atoms. The van der Waals surface area contributed by atoms with Crippen molar-refractivity contribution >= 4 is 5.91 Å². The van der Waals surface area contributed by atoms with Gasteiger partial charge in [-0.2, -0.15) is 0 Å². The average Bonchev–Trinajstić information content (AvgIpc) is 2.79. The van der Waals surface area contributed by atoms with Crippen LogP contribution in [0.15, 0.2) is 36.5 Å². The van der Waals surface area contributed by atoms with Crippen LogP contribution in [0.3, 0.4) is 0 Å². The van der Waals surface area contributed by atoms with Gasteiger partial charge >= 0.3 is 0 Å². The van der Waals surface area contributed by atoms with E-state index in [1.807, 2.05) is 24.0 Å². The second-order valence-electron chi connectivity index (χ2n) is 4.40. The van der Waals surface area contributed by atoms with Crippen molar-refractivity contribution in [3.8, 4) is 0 Å². The zero-order valence-electron chi connectivity index (χ0n) is 11.4. The standard InChI is InChI=1S/C15H23NO2/c1-4-14(10-6-7-12-18-5-2)15(17)16-11-8-9-13(16)3/h4,6-7,10,13H,1,5,8-9,11-12H2,2-3H3/b7-6-,14-10+. The summed E-state index contributed by atoms with van der Waals surface area (Å²) in [4.78, 5) is 14.1. The first kappa shape index (κ1) is 14.7. The zero-order valence-corrected chi connectivity index (χ0v) is 11.4. The molecular weight excluding hydrogens is 226 g/mol. The van der Waals surface area contributed by atoms with Crippen molar-refractivity contribution in [2.24, 2.45) is 0 Å². The molecule has 0 aliphatic carbocycles. The highest BCUT2D eigenvalue weighted by molar-refractivity contribution is 5.96. The first-order valence-corrected chi connectivity index (χ1v) is 6.58. The lowest BCUT2D eigenvalue weighted by Crippen LogP contribution is -2.34. The fourth-order valence-corrected chi connectivity index (χ4v) is 2.04. The van der Waals surface area contributed by atoms with Crippen molar-refractivity contribution < 1.29 is 9.53 Å². The van der Waals surface area contributed by atoms with E-state index in [2.05, 4.69) is 13.5 Å². The number of amides is 1.